The number of likely N-dealkylation sites (N-methyl/N-ethyl adjacent to an activating group) is 1. The summed E-state index contributed by atoms with van der Waals surface area (Å²) in [6.07, 6.45) is 1.60. The number of hydrogen-bond donors (Lipinski definition) is 2. The Morgan fingerprint density at radius 3 is 2.75 bits per heavy atom. The molecule has 2 aromatic rings. The van der Waals surface area contributed by atoms with Crippen molar-refractivity contribution in [2.24, 2.45) is 0 Å². The van der Waals surface area contributed by atoms with Crippen LogP contribution in [0, 0.1) is 0 Å². The third-order valence-corrected chi connectivity index (χ3v) is 2.96. The number of aromatic nitrogens is 1. The molecule has 1 atom stereocenters. The summed E-state index contributed by atoms with van der Waals surface area (Å²) < 4.78 is 5.36. The molecule has 2 aromatic heterocycles. The maximum Gasteiger partial charge on any atom is 0.267 e. The first kappa shape index (κ1) is 14.1. The summed E-state index contributed by atoms with van der Waals surface area (Å²) in [7, 11) is 3.81. The van der Waals surface area contributed by atoms with Crippen molar-refractivity contribution in [3.8, 4) is 0 Å². The van der Waals surface area contributed by atoms with Crippen LogP contribution >= 0.6 is 0 Å². The Balaban J connectivity index is 2.03. The standard InChI is InChI=1S/C14H17N3O3/c1-17(2)11(12-6-4-8-20-12)9-15-14(19)10-5-3-7-13(18)16-10/h3-8,11H,9H2,1-2H3,(H,15,19)(H,16,18). The molecule has 0 fully saturated rings. The first-order valence-electron chi connectivity index (χ1n) is 6.25. The molecule has 2 heterocycles. The molecule has 0 saturated carbocycles. The lowest BCUT2D eigenvalue weighted by Gasteiger charge is -2.22. The summed E-state index contributed by atoms with van der Waals surface area (Å²) in [4.78, 5) is 27.6. The quantitative estimate of drug-likeness (QED) is 0.853. The van der Waals surface area contributed by atoms with E-state index in [1.54, 1.807) is 18.4 Å². The van der Waals surface area contributed by atoms with Crippen molar-refractivity contribution in [1.29, 1.82) is 0 Å². The molecule has 0 spiro atoms. The zero-order valence-corrected chi connectivity index (χ0v) is 11.4. The summed E-state index contributed by atoms with van der Waals surface area (Å²) >= 11 is 0. The summed E-state index contributed by atoms with van der Waals surface area (Å²) in [5, 5.41) is 2.79. The van der Waals surface area contributed by atoms with Crippen LogP contribution in [0.1, 0.15) is 22.3 Å². The van der Waals surface area contributed by atoms with Crippen molar-refractivity contribution in [1.82, 2.24) is 15.2 Å². The fraction of sp³-hybridized carbons (Fsp3) is 0.286. The second-order valence-electron chi connectivity index (χ2n) is 4.63. The highest BCUT2D eigenvalue weighted by atomic mass is 16.3. The Morgan fingerprint density at radius 1 is 1.35 bits per heavy atom. The molecular formula is C14H17N3O3. The number of nitrogens with zero attached hydrogens (tertiary/aromatic N) is 1. The van der Waals surface area contributed by atoms with Gasteiger partial charge in [0.1, 0.15) is 11.5 Å². The predicted octanol–water partition coefficient (Wildman–Crippen LogP) is 1.00. The first-order chi connectivity index (χ1) is 9.58. The molecule has 0 aliphatic carbocycles. The molecule has 2 rings (SSSR count). The Morgan fingerprint density at radius 2 is 2.15 bits per heavy atom. The molecule has 0 radical (unpaired) electrons. The lowest BCUT2D eigenvalue weighted by Crippen LogP contribution is -2.35. The molecular weight excluding hydrogens is 258 g/mol. The van der Waals surface area contributed by atoms with Crippen LogP contribution in [0.5, 0.6) is 0 Å². The van der Waals surface area contributed by atoms with Gasteiger partial charge in [-0.1, -0.05) is 6.07 Å². The first-order valence-corrected chi connectivity index (χ1v) is 6.25. The number of hydrogen-bond acceptors (Lipinski definition) is 4. The van der Waals surface area contributed by atoms with E-state index in [9.17, 15) is 9.59 Å². The van der Waals surface area contributed by atoms with Gasteiger partial charge in [0.05, 0.1) is 12.3 Å². The van der Waals surface area contributed by atoms with E-state index in [2.05, 4.69) is 10.3 Å². The van der Waals surface area contributed by atoms with Crippen LogP contribution in [0.4, 0.5) is 0 Å². The van der Waals surface area contributed by atoms with E-state index in [1.165, 1.54) is 6.07 Å². The average molecular weight is 275 g/mol. The maximum absolute atomic E-state index is 12.0. The zero-order chi connectivity index (χ0) is 14.5. The van der Waals surface area contributed by atoms with E-state index >= 15 is 0 Å². The second-order valence-corrected chi connectivity index (χ2v) is 4.63. The molecule has 0 aliphatic heterocycles. The van der Waals surface area contributed by atoms with Crippen molar-refractivity contribution in [3.63, 3.8) is 0 Å². The van der Waals surface area contributed by atoms with Crippen molar-refractivity contribution in [2.45, 2.75) is 6.04 Å². The Kier molecular flexibility index (Phi) is 4.37. The number of furan rings is 1. The van der Waals surface area contributed by atoms with E-state index in [-0.39, 0.29) is 23.2 Å². The monoisotopic (exact) mass is 275 g/mol. The van der Waals surface area contributed by atoms with Gasteiger partial charge < -0.3 is 14.7 Å². The van der Waals surface area contributed by atoms with Gasteiger partial charge in [0.25, 0.3) is 5.91 Å². The number of rotatable bonds is 5. The summed E-state index contributed by atoms with van der Waals surface area (Å²) in [5.41, 5.74) is -0.0534. The van der Waals surface area contributed by atoms with Gasteiger partial charge in [0, 0.05) is 12.6 Å². The number of amides is 1. The Bertz CT molecular complexity index is 617. The average Bonchev–Trinajstić information content (AvgIpc) is 2.92. The van der Waals surface area contributed by atoms with Crippen LogP contribution in [0.2, 0.25) is 0 Å². The summed E-state index contributed by atoms with van der Waals surface area (Å²) in [6, 6.07) is 8.08. The van der Waals surface area contributed by atoms with Crippen LogP contribution < -0.4 is 10.9 Å². The zero-order valence-electron chi connectivity index (χ0n) is 11.4. The van der Waals surface area contributed by atoms with E-state index in [1.807, 2.05) is 31.1 Å². The minimum Gasteiger partial charge on any atom is -0.468 e. The van der Waals surface area contributed by atoms with E-state index in [0.717, 1.165) is 5.76 Å². The molecule has 0 saturated heterocycles. The number of carbonyl (C=O) groups is 1. The third kappa shape index (κ3) is 3.36. The van der Waals surface area contributed by atoms with Gasteiger partial charge in [-0.25, -0.2) is 0 Å². The van der Waals surface area contributed by atoms with Crippen LogP contribution in [0.25, 0.3) is 0 Å². The molecule has 0 aliphatic rings. The van der Waals surface area contributed by atoms with Gasteiger partial charge in [0.15, 0.2) is 0 Å². The molecule has 2 N–H and O–H groups in total. The second kappa shape index (κ2) is 6.21. The number of pyridine rings is 1. The van der Waals surface area contributed by atoms with Crippen molar-refractivity contribution in [3.05, 3.63) is 58.4 Å². The molecule has 20 heavy (non-hydrogen) atoms. The van der Waals surface area contributed by atoms with Gasteiger partial charge in [-0.05, 0) is 32.3 Å². The number of aromatic amines is 1. The lowest BCUT2D eigenvalue weighted by molar-refractivity contribution is 0.0934. The van der Waals surface area contributed by atoms with Gasteiger partial charge in [-0.2, -0.15) is 0 Å². The Labute approximate surface area is 116 Å². The fourth-order valence-electron chi connectivity index (χ4n) is 1.88. The number of carbonyl (C=O) groups excluding carboxylic acids is 1. The van der Waals surface area contributed by atoms with E-state index in [0.29, 0.717) is 6.54 Å². The van der Waals surface area contributed by atoms with Gasteiger partial charge in [-0.15, -0.1) is 0 Å². The van der Waals surface area contributed by atoms with Crippen LogP contribution in [0.15, 0.2) is 45.8 Å². The fourth-order valence-corrected chi connectivity index (χ4v) is 1.88. The highest BCUT2D eigenvalue weighted by molar-refractivity contribution is 5.92. The maximum atomic E-state index is 12.0. The van der Waals surface area contributed by atoms with Crippen LogP contribution in [0.3, 0.4) is 0 Å². The molecule has 6 heteroatoms. The molecule has 0 aromatic carbocycles. The van der Waals surface area contributed by atoms with Crippen LogP contribution in [-0.2, 0) is 0 Å². The predicted molar refractivity (Wildman–Crippen MR) is 74.5 cm³/mol. The molecule has 1 amide bonds. The minimum absolute atomic E-state index is 0.0654. The summed E-state index contributed by atoms with van der Waals surface area (Å²) in [5.74, 6) is 0.456. The van der Waals surface area contributed by atoms with Gasteiger partial charge in [0.2, 0.25) is 5.56 Å². The normalized spacial score (nSPS) is 12.3. The third-order valence-electron chi connectivity index (χ3n) is 2.96. The van der Waals surface area contributed by atoms with Gasteiger partial charge in [-0.3, -0.25) is 14.5 Å². The van der Waals surface area contributed by atoms with E-state index < -0.39 is 0 Å². The SMILES string of the molecule is CN(C)C(CNC(=O)c1cccc(=O)[nH]1)c1ccco1. The molecule has 1 unspecified atom stereocenters. The lowest BCUT2D eigenvalue weighted by atomic mass is 10.2. The van der Waals surface area contributed by atoms with E-state index in [4.69, 9.17) is 4.42 Å². The van der Waals surface area contributed by atoms with Gasteiger partial charge >= 0.3 is 0 Å². The van der Waals surface area contributed by atoms with Crippen molar-refractivity contribution >= 4 is 5.91 Å². The number of H-pyrrole nitrogens is 1. The molecule has 0 bridgehead atoms. The molecule has 6 nitrogen and oxygen atoms in total. The Hall–Kier alpha value is -2.34. The summed E-state index contributed by atoms with van der Waals surface area (Å²) in [6.45, 7) is 0.385. The smallest absolute Gasteiger partial charge is 0.267 e. The highest BCUT2D eigenvalue weighted by Crippen LogP contribution is 2.17. The largest absolute Gasteiger partial charge is 0.468 e. The van der Waals surface area contributed by atoms with Crippen LogP contribution in [-0.4, -0.2) is 36.4 Å². The topological polar surface area (TPSA) is 78.3 Å². The number of nitrogens with one attached hydrogen (secondary N) is 2. The minimum atomic E-state index is -0.318. The van der Waals surface area contributed by atoms with Crippen molar-refractivity contribution in [2.75, 3.05) is 20.6 Å². The highest BCUT2D eigenvalue weighted by Gasteiger charge is 2.18. The van der Waals surface area contributed by atoms with Crippen molar-refractivity contribution < 1.29 is 9.21 Å². The molecule has 106 valence electrons.